The zero-order valence-corrected chi connectivity index (χ0v) is 27.9. The molecule has 0 amide bonds. The molecule has 0 aliphatic heterocycles. The minimum Gasteiger partial charge on any atom is -0.254 e. The van der Waals surface area contributed by atoms with Gasteiger partial charge in [0.05, 0.1) is 11.9 Å². The van der Waals surface area contributed by atoms with Crippen molar-refractivity contribution in [3.8, 4) is 56.7 Å². The van der Waals surface area contributed by atoms with E-state index in [-0.39, 0.29) is 0 Å². The molecule has 6 aromatic carbocycles. The summed E-state index contributed by atoms with van der Waals surface area (Å²) in [5.41, 5.74) is 7.40. The molecular formula is C44H26N6S. The van der Waals surface area contributed by atoms with Crippen LogP contribution in [0, 0.1) is 0 Å². The first-order valence-corrected chi connectivity index (χ1v) is 17.5. The van der Waals surface area contributed by atoms with E-state index in [1.54, 1.807) is 11.3 Å². The van der Waals surface area contributed by atoms with E-state index in [9.17, 15) is 0 Å². The second-order valence-electron chi connectivity index (χ2n) is 12.4. The molecule has 0 unspecified atom stereocenters. The fourth-order valence-electron chi connectivity index (χ4n) is 6.75. The third-order valence-corrected chi connectivity index (χ3v) is 10.3. The van der Waals surface area contributed by atoms with Gasteiger partial charge in [-0.2, -0.15) is 0 Å². The second-order valence-corrected chi connectivity index (χ2v) is 13.4. The van der Waals surface area contributed by atoms with Crippen LogP contribution in [0.4, 0.5) is 0 Å². The number of fused-ring (bicyclic) bond motifs is 5. The van der Waals surface area contributed by atoms with Gasteiger partial charge >= 0.3 is 0 Å². The number of rotatable bonds is 5. The van der Waals surface area contributed by atoms with E-state index in [0.717, 1.165) is 76.5 Å². The Bertz CT molecular complexity index is 2870. The molecule has 0 saturated carbocycles. The summed E-state index contributed by atoms with van der Waals surface area (Å²) in [5.74, 6) is 1.88. The zero-order valence-electron chi connectivity index (χ0n) is 27.1. The number of aromatic nitrogens is 6. The van der Waals surface area contributed by atoms with Gasteiger partial charge < -0.3 is 0 Å². The highest BCUT2D eigenvalue weighted by molar-refractivity contribution is 7.25. The van der Waals surface area contributed by atoms with Crippen molar-refractivity contribution in [2.45, 2.75) is 0 Å². The third-order valence-electron chi connectivity index (χ3n) is 9.23. The number of benzene rings is 6. The molecule has 0 spiro atoms. The molecule has 0 saturated heterocycles. The standard InChI is InChI=1S/C44H26N6S/c1-3-11-28(12-4-1)41-48-42(29-13-5-2-6-14-29)50-43(49-41)32-23-30-15-7-8-16-33(30)35(25-32)31-20-19-27-21-22-45-39(36(27)24-31)37-26-46-40-34-17-9-10-18-38(34)51-44(40)47-37/h1-26H. The fraction of sp³-hybridized carbons (Fsp3) is 0. The summed E-state index contributed by atoms with van der Waals surface area (Å²) in [6, 6.07) is 49.9. The lowest BCUT2D eigenvalue weighted by atomic mass is 9.93. The molecule has 238 valence electrons. The number of nitrogens with zero attached hydrogens (tertiary/aromatic N) is 6. The second kappa shape index (κ2) is 12.0. The van der Waals surface area contributed by atoms with E-state index in [0.29, 0.717) is 17.5 Å². The largest absolute Gasteiger partial charge is 0.254 e. The Labute approximate surface area is 296 Å². The van der Waals surface area contributed by atoms with Crippen molar-refractivity contribution in [1.29, 1.82) is 0 Å². The SMILES string of the molecule is c1ccc(-c2nc(-c3ccccc3)nc(-c3cc(-c4ccc5ccnc(-c6cnc7c(n6)sc6ccccc67)c5c4)c4ccccc4c3)n2)cc1. The Balaban J connectivity index is 1.15. The molecule has 10 aromatic rings. The van der Waals surface area contributed by atoms with E-state index < -0.39 is 0 Å². The van der Waals surface area contributed by atoms with Crippen molar-refractivity contribution in [3.63, 3.8) is 0 Å². The molecule has 0 N–H and O–H groups in total. The Morgan fingerprint density at radius 2 is 1.10 bits per heavy atom. The summed E-state index contributed by atoms with van der Waals surface area (Å²) in [7, 11) is 0. The monoisotopic (exact) mass is 670 g/mol. The van der Waals surface area contributed by atoms with Crippen LogP contribution in [0.5, 0.6) is 0 Å². The third kappa shape index (κ3) is 5.19. The molecule has 0 atom stereocenters. The minimum absolute atomic E-state index is 0.616. The maximum atomic E-state index is 5.08. The van der Waals surface area contributed by atoms with Crippen LogP contribution >= 0.6 is 11.3 Å². The molecule has 0 fully saturated rings. The van der Waals surface area contributed by atoms with Gasteiger partial charge in [0.2, 0.25) is 0 Å². The number of thiophene rings is 1. The fourth-order valence-corrected chi connectivity index (χ4v) is 7.79. The van der Waals surface area contributed by atoms with Crippen molar-refractivity contribution in [1.82, 2.24) is 29.9 Å². The summed E-state index contributed by atoms with van der Waals surface area (Å²) >= 11 is 1.66. The van der Waals surface area contributed by atoms with Crippen molar-refractivity contribution in [2.75, 3.05) is 0 Å². The molecule has 0 radical (unpaired) electrons. The molecule has 7 heteroatoms. The Kier molecular flexibility index (Phi) is 6.89. The van der Waals surface area contributed by atoms with E-state index in [2.05, 4.69) is 72.8 Å². The lowest BCUT2D eigenvalue weighted by molar-refractivity contribution is 1.07. The van der Waals surface area contributed by atoms with Gasteiger partial charge in [0.25, 0.3) is 0 Å². The molecule has 0 aliphatic carbocycles. The summed E-state index contributed by atoms with van der Waals surface area (Å²) in [6.45, 7) is 0. The highest BCUT2D eigenvalue weighted by atomic mass is 32.1. The first kappa shape index (κ1) is 29.2. The van der Waals surface area contributed by atoms with Gasteiger partial charge in [-0.15, -0.1) is 11.3 Å². The number of pyridine rings is 1. The van der Waals surface area contributed by atoms with E-state index >= 15 is 0 Å². The average molecular weight is 671 g/mol. The number of hydrogen-bond donors (Lipinski definition) is 0. The van der Waals surface area contributed by atoms with Crippen LogP contribution in [-0.2, 0) is 0 Å². The maximum Gasteiger partial charge on any atom is 0.164 e. The van der Waals surface area contributed by atoms with Gasteiger partial charge in [0.15, 0.2) is 17.5 Å². The van der Waals surface area contributed by atoms with Gasteiger partial charge in [0, 0.05) is 38.4 Å². The molecule has 0 aliphatic rings. The molecule has 6 nitrogen and oxygen atoms in total. The minimum atomic E-state index is 0.616. The summed E-state index contributed by atoms with van der Waals surface area (Å²) in [6.07, 6.45) is 3.70. The highest BCUT2D eigenvalue weighted by Gasteiger charge is 2.17. The van der Waals surface area contributed by atoms with Crippen LogP contribution in [0.1, 0.15) is 0 Å². The van der Waals surface area contributed by atoms with Crippen molar-refractivity contribution in [3.05, 3.63) is 158 Å². The highest BCUT2D eigenvalue weighted by Crippen LogP contribution is 2.38. The quantitative estimate of drug-likeness (QED) is 0.181. The summed E-state index contributed by atoms with van der Waals surface area (Å²) in [5, 5.41) is 5.46. The summed E-state index contributed by atoms with van der Waals surface area (Å²) < 4.78 is 1.18. The van der Waals surface area contributed by atoms with Crippen LogP contribution in [0.15, 0.2) is 158 Å². The van der Waals surface area contributed by atoms with Crippen molar-refractivity contribution in [2.24, 2.45) is 0 Å². The van der Waals surface area contributed by atoms with E-state index in [4.69, 9.17) is 29.9 Å². The van der Waals surface area contributed by atoms with Gasteiger partial charge in [-0.05, 0) is 57.6 Å². The van der Waals surface area contributed by atoms with Crippen molar-refractivity contribution >= 4 is 53.3 Å². The van der Waals surface area contributed by atoms with Crippen LogP contribution in [0.3, 0.4) is 0 Å². The number of hydrogen-bond acceptors (Lipinski definition) is 7. The van der Waals surface area contributed by atoms with Crippen molar-refractivity contribution < 1.29 is 0 Å². The first-order chi connectivity index (χ1) is 25.2. The van der Waals surface area contributed by atoms with Crippen LogP contribution < -0.4 is 0 Å². The Morgan fingerprint density at radius 3 is 1.86 bits per heavy atom. The smallest absolute Gasteiger partial charge is 0.164 e. The first-order valence-electron chi connectivity index (χ1n) is 16.7. The molecule has 4 heterocycles. The molecule has 10 rings (SSSR count). The van der Waals surface area contributed by atoms with Crippen LogP contribution in [0.2, 0.25) is 0 Å². The van der Waals surface area contributed by atoms with Crippen LogP contribution in [-0.4, -0.2) is 29.9 Å². The lowest BCUT2D eigenvalue weighted by Gasteiger charge is -2.13. The Hall–Kier alpha value is -6.70. The van der Waals surface area contributed by atoms with Crippen LogP contribution in [0.25, 0.3) is 98.7 Å². The van der Waals surface area contributed by atoms with Gasteiger partial charge in [-0.3, -0.25) is 9.97 Å². The summed E-state index contributed by atoms with van der Waals surface area (Å²) in [4.78, 5) is 30.7. The lowest BCUT2D eigenvalue weighted by Crippen LogP contribution is -2.00. The maximum absolute atomic E-state index is 5.08. The molecular weight excluding hydrogens is 645 g/mol. The topological polar surface area (TPSA) is 77.3 Å². The van der Waals surface area contributed by atoms with Gasteiger partial charge in [-0.25, -0.2) is 19.9 Å². The predicted octanol–water partition coefficient (Wildman–Crippen LogP) is 11.1. The van der Waals surface area contributed by atoms with Gasteiger partial charge in [0.1, 0.15) is 16.0 Å². The predicted molar refractivity (Wildman–Crippen MR) is 208 cm³/mol. The van der Waals surface area contributed by atoms with E-state index in [1.807, 2.05) is 85.2 Å². The Morgan fingerprint density at radius 1 is 0.431 bits per heavy atom. The molecule has 4 aromatic heterocycles. The molecule has 0 bridgehead atoms. The van der Waals surface area contributed by atoms with E-state index in [1.165, 1.54) is 4.70 Å². The van der Waals surface area contributed by atoms with Gasteiger partial charge in [-0.1, -0.05) is 115 Å². The average Bonchev–Trinajstić information content (AvgIpc) is 3.58. The zero-order chi connectivity index (χ0) is 33.7. The molecule has 51 heavy (non-hydrogen) atoms. The normalized spacial score (nSPS) is 11.5.